The number of carbonyl (C=O) groups is 1. The number of para-hydroxylation sites is 1. The van der Waals surface area contributed by atoms with Crippen LogP contribution in [0.3, 0.4) is 0 Å². The second-order valence-electron chi connectivity index (χ2n) is 8.48. The van der Waals surface area contributed by atoms with Gasteiger partial charge in [0.15, 0.2) is 0 Å². The lowest BCUT2D eigenvalue weighted by molar-refractivity contribution is -0.146. The number of rotatable bonds is 11. The maximum absolute atomic E-state index is 13.7. The summed E-state index contributed by atoms with van der Waals surface area (Å²) in [4.78, 5) is 32.2. The topological polar surface area (TPSA) is 168 Å². The van der Waals surface area contributed by atoms with Gasteiger partial charge in [0.05, 0.1) is 23.3 Å². The Balaban J connectivity index is 1.41. The zero-order valence-electron chi connectivity index (χ0n) is 20.5. The second-order valence-corrected chi connectivity index (χ2v) is 11.6. The minimum atomic E-state index is -4.12. The molecule has 4 N–H and O–H groups in total. The Kier molecular flexibility index (Phi) is 9.18. The Morgan fingerprint density at radius 1 is 1.24 bits per heavy atom. The predicted molar refractivity (Wildman–Crippen MR) is 141 cm³/mol. The molecule has 1 aliphatic heterocycles. The third-order valence-corrected chi connectivity index (χ3v) is 8.74. The zero-order chi connectivity index (χ0) is 27.1. The van der Waals surface area contributed by atoms with Crippen LogP contribution in [0.1, 0.15) is 24.3 Å². The van der Waals surface area contributed by atoms with E-state index >= 15 is 0 Å². The van der Waals surface area contributed by atoms with Crippen LogP contribution < -0.4 is 21.0 Å². The largest absolute Gasteiger partial charge is 0.460 e. The Morgan fingerprint density at radius 3 is 2.61 bits per heavy atom. The lowest BCUT2D eigenvalue weighted by atomic mass is 10.2. The van der Waals surface area contributed by atoms with E-state index in [-0.39, 0.29) is 31.3 Å². The van der Waals surface area contributed by atoms with Gasteiger partial charge in [-0.2, -0.15) is 10.1 Å². The first-order chi connectivity index (χ1) is 18.2. The molecule has 1 aliphatic rings. The average Bonchev–Trinajstić information content (AvgIpc) is 3.27. The summed E-state index contributed by atoms with van der Waals surface area (Å²) in [6.07, 6.45) is 0.602. The quantitative estimate of drug-likeness (QED) is 0.231. The number of ether oxygens (including phenoxy) is 1. The van der Waals surface area contributed by atoms with E-state index in [0.717, 1.165) is 5.56 Å². The highest BCUT2D eigenvalue weighted by molar-refractivity contribution is 8.00. The van der Waals surface area contributed by atoms with Gasteiger partial charge in [-0.1, -0.05) is 48.5 Å². The van der Waals surface area contributed by atoms with Gasteiger partial charge in [-0.15, -0.1) is 11.8 Å². The van der Waals surface area contributed by atoms with Gasteiger partial charge in [0.25, 0.3) is 0 Å². The van der Waals surface area contributed by atoms with E-state index in [0.29, 0.717) is 0 Å². The molecule has 202 valence electrons. The van der Waals surface area contributed by atoms with E-state index in [4.69, 9.17) is 19.5 Å². The summed E-state index contributed by atoms with van der Waals surface area (Å²) in [6.45, 7) is 1.34. The van der Waals surface area contributed by atoms with E-state index in [1.165, 1.54) is 29.6 Å². The molecule has 14 heteroatoms. The van der Waals surface area contributed by atoms with Crippen LogP contribution in [-0.2, 0) is 25.2 Å². The molecule has 2 heterocycles. The van der Waals surface area contributed by atoms with Crippen LogP contribution in [0.15, 0.2) is 71.8 Å². The smallest absolute Gasteiger partial charge is 0.459 e. The number of aliphatic hydroxyl groups excluding tert-OH is 1. The minimum absolute atomic E-state index is 0.0525. The highest BCUT2D eigenvalue weighted by atomic mass is 32.2. The first kappa shape index (κ1) is 27.8. The zero-order valence-corrected chi connectivity index (χ0v) is 22.2. The van der Waals surface area contributed by atoms with Crippen molar-refractivity contribution in [3.05, 3.63) is 83.0 Å². The number of carbonyl (C=O) groups excluding carboxylic acids is 1. The Bertz CT molecular complexity index is 1330. The van der Waals surface area contributed by atoms with Gasteiger partial charge in [0.2, 0.25) is 5.95 Å². The predicted octanol–water partition coefficient (Wildman–Crippen LogP) is 2.51. The van der Waals surface area contributed by atoms with Gasteiger partial charge >= 0.3 is 19.4 Å². The molecule has 0 spiro atoms. The standard InChI is InChI=1S/C24H28N5O7PS/c1-16(22(31)34-13-17-8-4-2-5-9-17)28-37(33,36-18-10-6-3-7-11-18)35-14-20-19(30)12-21(38-20)29-15-26-23(25)27-24(29)32/h2-11,15-16,19-21,30H,12-14H2,1H3,(H,28,33)(H2,25,27,32)/t16-,19+,20+,21+,37?/m0/s1. The fraction of sp³-hybridized carbons (Fsp3) is 0.333. The molecule has 1 fully saturated rings. The molecule has 3 aromatic rings. The Hall–Kier alpha value is -3.22. The molecular weight excluding hydrogens is 533 g/mol. The highest BCUT2D eigenvalue weighted by Crippen LogP contribution is 2.48. The SMILES string of the molecule is C[C@H](NP(=O)(OC[C@H]1S[C@@H](n2cnc(N)nc2=O)C[C@H]1O)Oc1ccccc1)C(=O)OCc1ccccc1. The molecule has 0 amide bonds. The second kappa shape index (κ2) is 12.5. The lowest BCUT2D eigenvalue weighted by Crippen LogP contribution is -2.36. The van der Waals surface area contributed by atoms with Crippen LogP contribution >= 0.6 is 19.5 Å². The molecule has 1 saturated heterocycles. The molecule has 1 aromatic heterocycles. The number of aromatic nitrogens is 3. The molecule has 0 radical (unpaired) electrons. The Morgan fingerprint density at radius 2 is 1.92 bits per heavy atom. The van der Waals surface area contributed by atoms with Gasteiger partial charge in [-0.25, -0.2) is 14.3 Å². The Labute approximate surface area is 223 Å². The summed E-state index contributed by atoms with van der Waals surface area (Å²) < 4.78 is 31.7. The number of nitrogen functional groups attached to an aromatic ring is 1. The van der Waals surface area contributed by atoms with Crippen molar-refractivity contribution in [1.29, 1.82) is 0 Å². The van der Waals surface area contributed by atoms with Gasteiger partial charge in [0.1, 0.15) is 24.7 Å². The number of anilines is 1. The van der Waals surface area contributed by atoms with Crippen molar-refractivity contribution in [3.8, 4) is 5.75 Å². The van der Waals surface area contributed by atoms with E-state index in [1.54, 1.807) is 30.3 Å². The number of aliphatic hydroxyl groups is 1. The van der Waals surface area contributed by atoms with Crippen molar-refractivity contribution in [2.24, 2.45) is 0 Å². The number of hydrogen-bond acceptors (Lipinski definition) is 11. The summed E-state index contributed by atoms with van der Waals surface area (Å²) in [7, 11) is -4.12. The molecule has 12 nitrogen and oxygen atoms in total. The van der Waals surface area contributed by atoms with Crippen LogP contribution in [0.5, 0.6) is 5.75 Å². The summed E-state index contributed by atoms with van der Waals surface area (Å²) in [6, 6.07) is 16.5. The van der Waals surface area contributed by atoms with Crippen LogP contribution in [0.25, 0.3) is 0 Å². The van der Waals surface area contributed by atoms with Crippen molar-refractivity contribution in [3.63, 3.8) is 0 Å². The lowest BCUT2D eigenvalue weighted by Gasteiger charge is -2.24. The summed E-state index contributed by atoms with van der Waals surface area (Å²) in [5.74, 6) is -0.528. The normalized spacial score (nSPS) is 21.4. The molecular formula is C24H28N5O7PS. The fourth-order valence-electron chi connectivity index (χ4n) is 3.61. The van der Waals surface area contributed by atoms with Crippen LogP contribution in [0, 0.1) is 0 Å². The summed E-state index contributed by atoms with van der Waals surface area (Å²) in [5, 5.41) is 12.2. The van der Waals surface area contributed by atoms with Crippen molar-refractivity contribution >= 4 is 31.4 Å². The molecule has 38 heavy (non-hydrogen) atoms. The van der Waals surface area contributed by atoms with Crippen molar-refractivity contribution < 1.29 is 28.3 Å². The van der Waals surface area contributed by atoms with Gasteiger partial charge < -0.3 is 20.1 Å². The van der Waals surface area contributed by atoms with E-state index in [1.807, 2.05) is 30.3 Å². The molecule has 2 aromatic carbocycles. The van der Waals surface area contributed by atoms with Crippen molar-refractivity contribution in [1.82, 2.24) is 19.6 Å². The maximum atomic E-state index is 13.7. The first-order valence-electron chi connectivity index (χ1n) is 11.7. The summed E-state index contributed by atoms with van der Waals surface area (Å²) >= 11 is 1.24. The summed E-state index contributed by atoms with van der Waals surface area (Å²) in [5.41, 5.74) is 5.67. The van der Waals surface area contributed by atoms with Gasteiger partial charge in [-0.3, -0.25) is 13.9 Å². The van der Waals surface area contributed by atoms with Gasteiger partial charge in [0, 0.05) is 6.42 Å². The number of nitrogens with one attached hydrogen (secondary N) is 1. The van der Waals surface area contributed by atoms with Crippen LogP contribution in [-0.4, -0.2) is 49.6 Å². The third-order valence-electron chi connectivity index (χ3n) is 5.57. The number of thioether (sulfide) groups is 1. The van der Waals surface area contributed by atoms with Crippen LogP contribution in [0.4, 0.5) is 5.95 Å². The third kappa shape index (κ3) is 7.42. The molecule has 5 atom stereocenters. The maximum Gasteiger partial charge on any atom is 0.459 e. The molecule has 0 bridgehead atoms. The van der Waals surface area contributed by atoms with Crippen molar-refractivity contribution in [2.45, 2.75) is 42.7 Å². The molecule has 0 aliphatic carbocycles. The molecule has 4 rings (SSSR count). The van der Waals surface area contributed by atoms with Gasteiger partial charge in [-0.05, 0) is 24.6 Å². The highest BCUT2D eigenvalue weighted by Gasteiger charge is 2.39. The number of nitrogens with zero attached hydrogens (tertiary/aromatic N) is 3. The number of benzene rings is 2. The van der Waals surface area contributed by atoms with E-state index in [2.05, 4.69) is 15.1 Å². The molecule has 1 unspecified atom stereocenters. The van der Waals surface area contributed by atoms with E-state index in [9.17, 15) is 19.3 Å². The number of nitrogens with two attached hydrogens (primary N) is 1. The average molecular weight is 562 g/mol. The minimum Gasteiger partial charge on any atom is -0.460 e. The van der Waals surface area contributed by atoms with E-state index < -0.39 is 42.2 Å². The number of esters is 1. The molecule has 0 saturated carbocycles. The monoisotopic (exact) mass is 561 g/mol. The van der Waals surface area contributed by atoms with Crippen molar-refractivity contribution in [2.75, 3.05) is 12.3 Å². The van der Waals surface area contributed by atoms with Crippen LogP contribution in [0.2, 0.25) is 0 Å². The number of hydrogen-bond donors (Lipinski definition) is 3. The first-order valence-corrected chi connectivity index (χ1v) is 14.2. The fourth-order valence-corrected chi connectivity index (χ4v) is 6.66.